The second-order valence-electron chi connectivity index (χ2n) is 4.48. The molecule has 1 heterocycles. The number of carbonyl (C=O) groups excluding carboxylic acids is 1. The van der Waals surface area contributed by atoms with Gasteiger partial charge >= 0.3 is 5.97 Å². The highest BCUT2D eigenvalue weighted by atomic mass is 35.5. The fraction of sp³-hybridized carbons (Fsp3) is 0.133. The third-order valence-corrected chi connectivity index (χ3v) is 3.21. The van der Waals surface area contributed by atoms with Crippen molar-refractivity contribution in [2.45, 2.75) is 6.92 Å². The zero-order chi connectivity index (χ0) is 15.4. The summed E-state index contributed by atoms with van der Waals surface area (Å²) < 4.78 is 0. The lowest BCUT2D eigenvalue weighted by Gasteiger charge is -2.21. The Morgan fingerprint density at radius 3 is 2.48 bits per heavy atom. The maximum Gasteiger partial charge on any atom is 0.323 e. The first-order chi connectivity index (χ1) is 9.99. The third-order valence-electron chi connectivity index (χ3n) is 2.88. The zero-order valence-electron chi connectivity index (χ0n) is 11.3. The highest BCUT2D eigenvalue weighted by Gasteiger charge is 2.22. The second kappa shape index (κ2) is 6.37. The molecule has 0 bridgehead atoms. The van der Waals surface area contributed by atoms with Gasteiger partial charge in [-0.2, -0.15) is 0 Å². The second-order valence-corrected chi connectivity index (χ2v) is 4.88. The lowest BCUT2D eigenvalue weighted by Crippen LogP contribution is -2.36. The molecule has 0 atom stereocenters. The highest BCUT2D eigenvalue weighted by molar-refractivity contribution is 6.34. The van der Waals surface area contributed by atoms with E-state index in [4.69, 9.17) is 16.7 Å². The summed E-state index contributed by atoms with van der Waals surface area (Å²) in [6.07, 6.45) is 2.79. The largest absolute Gasteiger partial charge is 0.480 e. The number of halogens is 1. The number of benzene rings is 1. The number of rotatable bonds is 4. The molecule has 21 heavy (non-hydrogen) atoms. The number of hydrogen-bond donors (Lipinski definition) is 1. The van der Waals surface area contributed by atoms with Crippen LogP contribution in [0.15, 0.2) is 42.7 Å². The first kappa shape index (κ1) is 15.0. The summed E-state index contributed by atoms with van der Waals surface area (Å²) in [6, 6.07) is 8.49. The molecule has 0 aliphatic rings. The van der Waals surface area contributed by atoms with E-state index in [0.29, 0.717) is 5.69 Å². The predicted octanol–water partition coefficient (Wildman–Crippen LogP) is 2.77. The molecule has 1 aromatic carbocycles. The van der Waals surface area contributed by atoms with Gasteiger partial charge < -0.3 is 5.11 Å². The van der Waals surface area contributed by atoms with Gasteiger partial charge in [-0.3, -0.25) is 19.5 Å². The predicted molar refractivity (Wildman–Crippen MR) is 79.7 cm³/mol. The van der Waals surface area contributed by atoms with Crippen LogP contribution in [-0.2, 0) is 4.79 Å². The van der Waals surface area contributed by atoms with Crippen LogP contribution < -0.4 is 4.90 Å². The number of hydrogen-bond acceptors (Lipinski definition) is 3. The Kier molecular flexibility index (Phi) is 4.55. The Bertz CT molecular complexity index is 671. The van der Waals surface area contributed by atoms with Gasteiger partial charge in [0.15, 0.2) is 0 Å². The molecule has 2 rings (SSSR count). The number of aryl methyl sites for hydroxylation is 1. The van der Waals surface area contributed by atoms with Crippen molar-refractivity contribution in [3.8, 4) is 0 Å². The van der Waals surface area contributed by atoms with E-state index in [2.05, 4.69) is 4.98 Å². The van der Waals surface area contributed by atoms with E-state index in [-0.39, 0.29) is 10.6 Å². The average molecular weight is 305 g/mol. The normalized spacial score (nSPS) is 10.2. The zero-order valence-corrected chi connectivity index (χ0v) is 12.0. The molecular formula is C15H13ClN2O3. The Morgan fingerprint density at radius 1 is 1.24 bits per heavy atom. The Hall–Kier alpha value is -2.40. The van der Waals surface area contributed by atoms with E-state index in [9.17, 15) is 9.59 Å². The van der Waals surface area contributed by atoms with Gasteiger partial charge in [0.1, 0.15) is 6.54 Å². The number of nitrogens with zero attached hydrogens (tertiary/aromatic N) is 2. The molecule has 0 fully saturated rings. The number of aromatic nitrogens is 1. The van der Waals surface area contributed by atoms with Gasteiger partial charge in [0.2, 0.25) is 0 Å². The first-order valence-electron chi connectivity index (χ1n) is 6.19. The van der Waals surface area contributed by atoms with Crippen LogP contribution in [0, 0.1) is 6.92 Å². The Morgan fingerprint density at radius 2 is 1.90 bits per heavy atom. The summed E-state index contributed by atoms with van der Waals surface area (Å²) in [6.45, 7) is 1.46. The van der Waals surface area contributed by atoms with Crippen LogP contribution in [0.3, 0.4) is 0 Å². The van der Waals surface area contributed by atoms with E-state index in [0.717, 1.165) is 10.5 Å². The molecule has 1 amide bonds. The van der Waals surface area contributed by atoms with Gasteiger partial charge in [-0.15, -0.1) is 0 Å². The maximum absolute atomic E-state index is 12.5. The van der Waals surface area contributed by atoms with Crippen LogP contribution in [0.2, 0.25) is 5.02 Å². The minimum absolute atomic E-state index is 0.168. The number of anilines is 1. The quantitative estimate of drug-likeness (QED) is 0.943. The molecular weight excluding hydrogens is 292 g/mol. The van der Waals surface area contributed by atoms with E-state index in [1.165, 1.54) is 18.5 Å². The molecule has 2 aromatic rings. The van der Waals surface area contributed by atoms with Crippen molar-refractivity contribution in [2.75, 3.05) is 11.4 Å². The van der Waals surface area contributed by atoms with Crippen LogP contribution >= 0.6 is 11.6 Å². The van der Waals surface area contributed by atoms with Gasteiger partial charge in [0.25, 0.3) is 5.91 Å². The number of amides is 1. The van der Waals surface area contributed by atoms with Crippen molar-refractivity contribution in [2.24, 2.45) is 0 Å². The number of carboxylic acids is 1. The molecule has 0 spiro atoms. The summed E-state index contributed by atoms with van der Waals surface area (Å²) >= 11 is 5.98. The monoisotopic (exact) mass is 304 g/mol. The molecule has 0 radical (unpaired) electrons. The Labute approximate surface area is 126 Å². The minimum atomic E-state index is -1.11. The van der Waals surface area contributed by atoms with Crippen LogP contribution in [0.5, 0.6) is 0 Å². The molecule has 1 aromatic heterocycles. The van der Waals surface area contributed by atoms with Gasteiger partial charge in [-0.25, -0.2) is 0 Å². The molecule has 6 heteroatoms. The van der Waals surface area contributed by atoms with Gasteiger partial charge in [-0.1, -0.05) is 29.3 Å². The van der Waals surface area contributed by atoms with Gasteiger partial charge in [0, 0.05) is 18.1 Å². The molecule has 0 unspecified atom stereocenters. The van der Waals surface area contributed by atoms with Crippen LogP contribution in [0.1, 0.15) is 15.9 Å². The van der Waals surface area contributed by atoms with Crippen molar-refractivity contribution in [1.29, 1.82) is 0 Å². The van der Waals surface area contributed by atoms with Crippen LogP contribution in [-0.4, -0.2) is 28.5 Å². The average Bonchev–Trinajstić information content (AvgIpc) is 2.45. The van der Waals surface area contributed by atoms with Crippen molar-refractivity contribution in [3.05, 3.63) is 58.9 Å². The molecule has 0 saturated heterocycles. The maximum atomic E-state index is 12.5. The lowest BCUT2D eigenvalue weighted by atomic mass is 10.2. The number of pyridine rings is 1. The smallest absolute Gasteiger partial charge is 0.323 e. The number of aliphatic carboxylic acids is 1. The third kappa shape index (κ3) is 3.58. The van der Waals surface area contributed by atoms with Gasteiger partial charge in [-0.05, 0) is 25.1 Å². The van der Waals surface area contributed by atoms with E-state index in [1.807, 2.05) is 19.1 Å². The van der Waals surface area contributed by atoms with Crippen molar-refractivity contribution >= 4 is 29.2 Å². The van der Waals surface area contributed by atoms with Crippen molar-refractivity contribution < 1.29 is 14.7 Å². The van der Waals surface area contributed by atoms with E-state index >= 15 is 0 Å². The fourth-order valence-corrected chi connectivity index (χ4v) is 2.01. The Balaban J connectivity index is 2.40. The molecule has 0 saturated carbocycles. The summed E-state index contributed by atoms with van der Waals surface area (Å²) in [5.41, 5.74) is 1.68. The summed E-state index contributed by atoms with van der Waals surface area (Å²) in [7, 11) is 0. The van der Waals surface area contributed by atoms with Crippen molar-refractivity contribution in [3.63, 3.8) is 0 Å². The summed E-state index contributed by atoms with van der Waals surface area (Å²) in [4.78, 5) is 28.6. The van der Waals surface area contributed by atoms with E-state index in [1.54, 1.807) is 12.1 Å². The van der Waals surface area contributed by atoms with Crippen LogP contribution in [0.4, 0.5) is 5.69 Å². The molecule has 108 valence electrons. The number of carbonyl (C=O) groups is 2. The van der Waals surface area contributed by atoms with Gasteiger partial charge in [0.05, 0.1) is 10.6 Å². The van der Waals surface area contributed by atoms with Crippen molar-refractivity contribution in [1.82, 2.24) is 4.98 Å². The van der Waals surface area contributed by atoms with Crippen LogP contribution in [0.25, 0.3) is 0 Å². The molecule has 0 aliphatic heterocycles. The summed E-state index contributed by atoms with van der Waals surface area (Å²) in [5.74, 6) is -1.61. The standard InChI is InChI=1S/C15H13ClN2O3/c1-10-2-4-11(5-3-10)18(9-14(19)20)15(21)12-8-17-7-6-13(12)16/h2-8H,9H2,1H3,(H,19,20). The first-order valence-corrected chi connectivity index (χ1v) is 6.56. The SMILES string of the molecule is Cc1ccc(N(CC(=O)O)C(=O)c2cnccc2Cl)cc1. The minimum Gasteiger partial charge on any atom is -0.480 e. The number of carboxylic acid groups (broad SMARTS) is 1. The van der Waals surface area contributed by atoms with E-state index < -0.39 is 18.4 Å². The molecule has 5 nitrogen and oxygen atoms in total. The lowest BCUT2D eigenvalue weighted by molar-refractivity contribution is -0.135. The highest BCUT2D eigenvalue weighted by Crippen LogP contribution is 2.21. The topological polar surface area (TPSA) is 70.5 Å². The fourth-order valence-electron chi connectivity index (χ4n) is 1.82. The summed E-state index contributed by atoms with van der Waals surface area (Å²) in [5, 5.41) is 9.26. The molecule has 1 N–H and O–H groups in total. The molecule has 0 aliphatic carbocycles.